The number of anilines is 1. The zero-order chi connectivity index (χ0) is 40.1. The second-order valence-corrected chi connectivity index (χ2v) is 14.9. The number of aryl methyl sites for hydroxylation is 2. The molecule has 0 radical (unpaired) electrons. The highest BCUT2D eigenvalue weighted by molar-refractivity contribution is 6.03. The lowest BCUT2D eigenvalue weighted by molar-refractivity contribution is -0.135. The number of nitrogens with zero attached hydrogens (tertiary/aromatic N) is 7. The maximum absolute atomic E-state index is 14.0. The van der Waals surface area contributed by atoms with Crippen LogP contribution in [0.5, 0.6) is 0 Å². The van der Waals surface area contributed by atoms with Gasteiger partial charge in [0, 0.05) is 63.9 Å². The van der Waals surface area contributed by atoms with E-state index in [-0.39, 0.29) is 41.3 Å². The number of oxazole rings is 1. The molecule has 1 unspecified atom stereocenters. The number of hydrogen-bond donors (Lipinski definition) is 2. The molecule has 0 bridgehead atoms. The van der Waals surface area contributed by atoms with Gasteiger partial charge in [-0.1, -0.05) is 12.1 Å². The summed E-state index contributed by atoms with van der Waals surface area (Å²) >= 11 is 0. The van der Waals surface area contributed by atoms with Gasteiger partial charge in [0.15, 0.2) is 11.4 Å². The number of halogens is 2. The van der Waals surface area contributed by atoms with Crippen molar-refractivity contribution in [1.82, 2.24) is 39.1 Å². The van der Waals surface area contributed by atoms with Crippen LogP contribution in [0.4, 0.5) is 14.5 Å². The van der Waals surface area contributed by atoms with Gasteiger partial charge in [0.05, 0.1) is 22.8 Å². The Morgan fingerprint density at radius 1 is 1.07 bits per heavy atom. The predicted octanol–water partition coefficient (Wildman–Crippen LogP) is 5.46. The van der Waals surface area contributed by atoms with Crippen molar-refractivity contribution in [2.75, 3.05) is 38.7 Å². The molecule has 15 nitrogen and oxygen atoms in total. The molecular weight excluding hydrogens is 740 g/mol. The van der Waals surface area contributed by atoms with Crippen LogP contribution in [-0.2, 0) is 27.8 Å². The van der Waals surface area contributed by atoms with Crippen LogP contribution in [0, 0.1) is 5.92 Å². The fourth-order valence-corrected chi connectivity index (χ4v) is 8.02. The molecule has 1 aliphatic carbocycles. The van der Waals surface area contributed by atoms with Crippen molar-refractivity contribution < 1.29 is 32.3 Å². The Labute approximate surface area is 327 Å². The Hall–Kier alpha value is -5.55. The Balaban J connectivity index is 0.822. The molecule has 4 aromatic heterocycles. The molecule has 302 valence electrons. The summed E-state index contributed by atoms with van der Waals surface area (Å²) in [6.07, 6.45) is 9.26. The van der Waals surface area contributed by atoms with Gasteiger partial charge >= 0.3 is 5.69 Å². The molecule has 1 aromatic carbocycles. The standard InChI is InChI=1S/C40H47F2N9O6/c1-48(19-5-21-56-20-4-7-26-6-3-8-31-35(26)49(2)40(55)51(31)32-13-14-33(52)46-38(32)54)22-25-9-11-28(12-10-25)50-23-29(34(47-50)36(41)42)44-37(53)30-24-57-39(45-30)27-15-17-43-18-16-27/h3,6,8,15-18,23-25,28,32,36H,4-5,7,9-14,19-22H2,1-2H3,(H,44,53)(H,46,52,54). The van der Waals surface area contributed by atoms with Gasteiger partial charge < -0.3 is 19.4 Å². The van der Waals surface area contributed by atoms with Crippen molar-refractivity contribution in [3.8, 4) is 11.5 Å². The quantitative estimate of drug-likeness (QED) is 0.0968. The lowest BCUT2D eigenvalue weighted by Crippen LogP contribution is -2.44. The van der Waals surface area contributed by atoms with Crippen LogP contribution in [0.2, 0.25) is 0 Å². The number of hydrogen-bond acceptors (Lipinski definition) is 10. The number of alkyl halides is 2. The van der Waals surface area contributed by atoms with Crippen molar-refractivity contribution in [2.45, 2.75) is 76.3 Å². The van der Waals surface area contributed by atoms with Gasteiger partial charge in [0.2, 0.25) is 17.7 Å². The number of pyridine rings is 1. The SMILES string of the molecule is CN(CCCOCCCc1cccc2c1n(C)c(=O)n2C1CCC(=O)NC1=O)CC1CCC(n2cc(NC(=O)c3coc(-c4ccncc4)n3)c(C(F)F)n2)CC1. The molecule has 1 saturated heterocycles. The Bertz CT molecular complexity index is 2260. The number of para-hydroxylation sites is 1. The highest BCUT2D eigenvalue weighted by atomic mass is 19.3. The third kappa shape index (κ3) is 9.04. The van der Waals surface area contributed by atoms with E-state index in [2.05, 4.69) is 37.6 Å². The fraction of sp³-hybridized carbons (Fsp3) is 0.475. The number of aromatic nitrogens is 6. The molecule has 1 saturated carbocycles. The van der Waals surface area contributed by atoms with Crippen LogP contribution < -0.4 is 16.3 Å². The predicted molar refractivity (Wildman–Crippen MR) is 206 cm³/mol. The van der Waals surface area contributed by atoms with E-state index >= 15 is 0 Å². The van der Waals surface area contributed by atoms with E-state index in [1.54, 1.807) is 40.8 Å². The zero-order valence-electron chi connectivity index (χ0n) is 32.0. The normalized spacial score (nSPS) is 18.8. The molecule has 3 amide bonds. The lowest BCUT2D eigenvalue weighted by Gasteiger charge is -2.31. The van der Waals surface area contributed by atoms with Gasteiger partial charge in [-0.3, -0.25) is 38.5 Å². The fourth-order valence-electron chi connectivity index (χ4n) is 8.02. The number of ether oxygens (including phenoxy) is 1. The minimum Gasteiger partial charge on any atom is -0.444 e. The van der Waals surface area contributed by atoms with Gasteiger partial charge in [-0.25, -0.2) is 18.6 Å². The number of benzene rings is 1. The van der Waals surface area contributed by atoms with Gasteiger partial charge in [0.25, 0.3) is 12.3 Å². The number of nitrogens with one attached hydrogen (secondary N) is 2. The average Bonchev–Trinajstić information content (AvgIpc) is 3.93. The number of rotatable bonds is 16. The molecule has 2 aliphatic rings. The van der Waals surface area contributed by atoms with E-state index in [0.717, 1.165) is 62.7 Å². The van der Waals surface area contributed by atoms with Crippen molar-refractivity contribution in [3.63, 3.8) is 0 Å². The van der Waals surface area contributed by atoms with Crippen molar-refractivity contribution >= 4 is 34.4 Å². The van der Waals surface area contributed by atoms with E-state index in [9.17, 15) is 28.0 Å². The van der Waals surface area contributed by atoms with Gasteiger partial charge in [0.1, 0.15) is 12.3 Å². The summed E-state index contributed by atoms with van der Waals surface area (Å²) in [5.74, 6) is -0.736. The first-order valence-corrected chi connectivity index (χ1v) is 19.4. The number of amides is 3. The molecular formula is C40H47F2N9O6. The third-order valence-electron chi connectivity index (χ3n) is 10.9. The molecule has 57 heavy (non-hydrogen) atoms. The number of carbonyl (C=O) groups excluding carboxylic acids is 3. The number of imidazole rings is 1. The van der Waals surface area contributed by atoms with Crippen molar-refractivity contribution in [2.24, 2.45) is 13.0 Å². The van der Waals surface area contributed by atoms with Crippen LogP contribution >= 0.6 is 0 Å². The zero-order valence-corrected chi connectivity index (χ0v) is 32.0. The van der Waals surface area contributed by atoms with Crippen LogP contribution in [-0.4, -0.2) is 84.9 Å². The lowest BCUT2D eigenvalue weighted by atomic mass is 9.86. The first kappa shape index (κ1) is 39.7. The Kier molecular flexibility index (Phi) is 12.3. The van der Waals surface area contributed by atoms with E-state index in [0.29, 0.717) is 43.1 Å². The van der Waals surface area contributed by atoms with E-state index in [1.165, 1.54) is 17.0 Å². The van der Waals surface area contributed by atoms with Gasteiger partial charge in [-0.05, 0) is 88.1 Å². The summed E-state index contributed by atoms with van der Waals surface area (Å²) in [6.45, 7) is 3.00. The van der Waals surface area contributed by atoms with Gasteiger partial charge in [-0.15, -0.1) is 0 Å². The smallest absolute Gasteiger partial charge is 0.329 e. The number of piperidine rings is 1. The molecule has 2 fully saturated rings. The minimum absolute atomic E-state index is 0.0348. The van der Waals surface area contributed by atoms with Crippen molar-refractivity contribution in [3.05, 3.63) is 82.6 Å². The highest BCUT2D eigenvalue weighted by Gasteiger charge is 2.32. The van der Waals surface area contributed by atoms with E-state index in [1.807, 2.05) is 18.2 Å². The van der Waals surface area contributed by atoms with E-state index in [4.69, 9.17) is 9.15 Å². The maximum Gasteiger partial charge on any atom is 0.329 e. The summed E-state index contributed by atoms with van der Waals surface area (Å²) in [7, 11) is 3.81. The monoisotopic (exact) mass is 787 g/mol. The minimum atomic E-state index is -2.86. The third-order valence-corrected chi connectivity index (χ3v) is 10.9. The molecule has 0 spiro atoms. The summed E-state index contributed by atoms with van der Waals surface area (Å²) < 4.78 is 44.0. The summed E-state index contributed by atoms with van der Waals surface area (Å²) in [5, 5.41) is 9.09. The molecule has 5 aromatic rings. The molecule has 5 heterocycles. The van der Waals surface area contributed by atoms with Crippen LogP contribution in [0.3, 0.4) is 0 Å². The number of fused-ring (bicyclic) bond motifs is 1. The first-order chi connectivity index (χ1) is 27.6. The molecule has 7 rings (SSSR count). The second-order valence-electron chi connectivity index (χ2n) is 14.9. The number of imide groups is 1. The average molecular weight is 788 g/mol. The molecule has 17 heteroatoms. The van der Waals surface area contributed by atoms with Crippen LogP contribution in [0.1, 0.15) is 91.6 Å². The highest BCUT2D eigenvalue weighted by Crippen LogP contribution is 2.35. The topological polar surface area (TPSA) is 171 Å². The summed E-state index contributed by atoms with van der Waals surface area (Å²) in [6, 6.07) is 8.34. The Morgan fingerprint density at radius 2 is 1.84 bits per heavy atom. The maximum atomic E-state index is 14.0. The second kappa shape index (κ2) is 17.7. The summed E-state index contributed by atoms with van der Waals surface area (Å²) in [4.78, 5) is 60.8. The van der Waals surface area contributed by atoms with Crippen LogP contribution in [0.15, 0.2) is 64.4 Å². The first-order valence-electron chi connectivity index (χ1n) is 19.4. The van der Waals surface area contributed by atoms with Crippen LogP contribution in [0.25, 0.3) is 22.5 Å². The molecule has 1 atom stereocenters. The summed E-state index contributed by atoms with van der Waals surface area (Å²) in [5.41, 5.74) is 2.28. The van der Waals surface area contributed by atoms with Gasteiger partial charge in [-0.2, -0.15) is 5.10 Å². The Morgan fingerprint density at radius 3 is 2.60 bits per heavy atom. The van der Waals surface area contributed by atoms with E-state index < -0.39 is 30.0 Å². The largest absolute Gasteiger partial charge is 0.444 e. The number of carbonyl (C=O) groups is 3. The molecule has 2 N–H and O–H groups in total. The van der Waals surface area contributed by atoms with Crippen molar-refractivity contribution in [1.29, 1.82) is 0 Å². The molecule has 1 aliphatic heterocycles.